The quantitative estimate of drug-likeness (QED) is 0.708. The maximum absolute atomic E-state index is 11.6. The molecule has 0 aliphatic heterocycles. The highest BCUT2D eigenvalue weighted by Crippen LogP contribution is 2.20. The van der Waals surface area contributed by atoms with Crippen molar-refractivity contribution in [3.8, 4) is 0 Å². The maximum Gasteiger partial charge on any atom is 0.251 e. The minimum atomic E-state index is -0.315. The molecule has 0 bridgehead atoms. The predicted molar refractivity (Wildman–Crippen MR) is 65.0 cm³/mol. The van der Waals surface area contributed by atoms with Crippen LogP contribution >= 0.6 is 15.9 Å². The van der Waals surface area contributed by atoms with Crippen LogP contribution in [0, 0.1) is 0 Å². The van der Waals surface area contributed by atoms with Gasteiger partial charge in [-0.15, -0.1) is 0 Å². The van der Waals surface area contributed by atoms with Gasteiger partial charge in [0.2, 0.25) is 5.91 Å². The Hall–Kier alpha value is -1.56. The van der Waals surface area contributed by atoms with Gasteiger partial charge < -0.3 is 16.4 Å². The maximum atomic E-state index is 11.6. The molecular formula is C10H12BrN3O2. The van der Waals surface area contributed by atoms with E-state index in [0.29, 0.717) is 15.7 Å². The zero-order valence-corrected chi connectivity index (χ0v) is 10.3. The molecule has 0 saturated carbocycles. The summed E-state index contributed by atoms with van der Waals surface area (Å²) in [5.74, 6) is -0.563. The van der Waals surface area contributed by atoms with Crippen molar-refractivity contribution in [3.63, 3.8) is 0 Å². The SMILES string of the molecule is CNC(=O)CNC(=O)c1ccc(N)c(Br)c1. The molecule has 1 aromatic rings. The van der Waals surface area contributed by atoms with Crippen LogP contribution in [0.3, 0.4) is 0 Å². The van der Waals surface area contributed by atoms with Crippen molar-refractivity contribution in [3.05, 3.63) is 28.2 Å². The van der Waals surface area contributed by atoms with E-state index in [4.69, 9.17) is 5.73 Å². The van der Waals surface area contributed by atoms with Crippen molar-refractivity contribution in [2.45, 2.75) is 0 Å². The molecule has 0 unspecified atom stereocenters. The highest BCUT2D eigenvalue weighted by atomic mass is 79.9. The second-order valence-corrected chi connectivity index (χ2v) is 3.95. The number of nitrogens with two attached hydrogens (primary N) is 1. The van der Waals surface area contributed by atoms with Gasteiger partial charge in [-0.2, -0.15) is 0 Å². The molecule has 0 saturated heterocycles. The van der Waals surface area contributed by atoms with Crippen molar-refractivity contribution in [2.75, 3.05) is 19.3 Å². The smallest absolute Gasteiger partial charge is 0.251 e. The molecule has 0 aliphatic rings. The van der Waals surface area contributed by atoms with Crippen LogP contribution in [0.15, 0.2) is 22.7 Å². The fourth-order valence-corrected chi connectivity index (χ4v) is 1.40. The van der Waals surface area contributed by atoms with Crippen LogP contribution in [0.4, 0.5) is 5.69 Å². The Morgan fingerprint density at radius 2 is 2.12 bits per heavy atom. The summed E-state index contributed by atoms with van der Waals surface area (Å²) in [7, 11) is 1.51. The lowest BCUT2D eigenvalue weighted by molar-refractivity contribution is -0.119. The number of hydrogen-bond acceptors (Lipinski definition) is 3. The van der Waals surface area contributed by atoms with E-state index in [2.05, 4.69) is 26.6 Å². The third-order valence-electron chi connectivity index (χ3n) is 1.95. The van der Waals surface area contributed by atoms with Crippen molar-refractivity contribution < 1.29 is 9.59 Å². The van der Waals surface area contributed by atoms with E-state index in [1.165, 1.54) is 7.05 Å². The summed E-state index contributed by atoms with van der Waals surface area (Å²) in [5.41, 5.74) is 6.60. The molecule has 0 spiro atoms. The second kappa shape index (κ2) is 5.50. The molecule has 5 nitrogen and oxygen atoms in total. The monoisotopic (exact) mass is 285 g/mol. The van der Waals surface area contributed by atoms with Gasteiger partial charge in [0.05, 0.1) is 6.54 Å². The Bertz CT molecular complexity index is 421. The van der Waals surface area contributed by atoms with Gasteiger partial charge in [0.15, 0.2) is 0 Å². The Labute approximate surface area is 102 Å². The topological polar surface area (TPSA) is 84.2 Å². The third-order valence-corrected chi connectivity index (χ3v) is 2.64. The molecule has 0 fully saturated rings. The van der Waals surface area contributed by atoms with Crippen molar-refractivity contribution in [1.82, 2.24) is 10.6 Å². The molecule has 1 rings (SSSR count). The standard InChI is InChI=1S/C10H12BrN3O2/c1-13-9(15)5-14-10(16)6-2-3-8(12)7(11)4-6/h2-4H,5,12H2,1H3,(H,13,15)(H,14,16). The highest BCUT2D eigenvalue weighted by molar-refractivity contribution is 9.10. The summed E-state index contributed by atoms with van der Waals surface area (Å²) in [6, 6.07) is 4.83. The van der Waals surface area contributed by atoms with Crippen LogP contribution in [-0.4, -0.2) is 25.4 Å². The Morgan fingerprint density at radius 3 is 2.69 bits per heavy atom. The van der Waals surface area contributed by atoms with Gasteiger partial charge >= 0.3 is 0 Å². The molecular weight excluding hydrogens is 274 g/mol. The molecule has 0 aliphatic carbocycles. The van der Waals surface area contributed by atoms with E-state index in [-0.39, 0.29) is 18.4 Å². The lowest BCUT2D eigenvalue weighted by Crippen LogP contribution is -2.35. The number of benzene rings is 1. The van der Waals surface area contributed by atoms with Crippen molar-refractivity contribution in [2.24, 2.45) is 0 Å². The van der Waals surface area contributed by atoms with Crippen LogP contribution in [-0.2, 0) is 4.79 Å². The number of nitrogens with one attached hydrogen (secondary N) is 2. The fourth-order valence-electron chi connectivity index (χ4n) is 1.02. The normalized spacial score (nSPS) is 9.62. The van der Waals surface area contributed by atoms with Gasteiger partial charge in [0.25, 0.3) is 5.91 Å². The van der Waals surface area contributed by atoms with Crippen molar-refractivity contribution in [1.29, 1.82) is 0 Å². The van der Waals surface area contributed by atoms with Crippen molar-refractivity contribution >= 4 is 33.4 Å². The van der Waals surface area contributed by atoms with E-state index >= 15 is 0 Å². The molecule has 16 heavy (non-hydrogen) atoms. The number of likely N-dealkylation sites (N-methyl/N-ethyl adjacent to an activating group) is 1. The first-order valence-electron chi connectivity index (χ1n) is 4.58. The van der Waals surface area contributed by atoms with Crippen LogP contribution in [0.1, 0.15) is 10.4 Å². The van der Waals surface area contributed by atoms with Crippen LogP contribution in [0.25, 0.3) is 0 Å². The summed E-state index contributed by atoms with van der Waals surface area (Å²) in [6.45, 7) is -0.0443. The summed E-state index contributed by atoms with van der Waals surface area (Å²) < 4.78 is 0.653. The number of hydrogen-bond donors (Lipinski definition) is 3. The Balaban J connectivity index is 2.66. The van der Waals surface area contributed by atoms with Gasteiger partial charge in [-0.3, -0.25) is 9.59 Å². The number of amides is 2. The molecule has 6 heteroatoms. The van der Waals surface area contributed by atoms with E-state index in [1.807, 2.05) is 0 Å². The van der Waals surface area contributed by atoms with Crippen LogP contribution in [0.5, 0.6) is 0 Å². The minimum Gasteiger partial charge on any atom is -0.398 e. The van der Waals surface area contributed by atoms with Gasteiger partial charge in [-0.05, 0) is 34.1 Å². The lowest BCUT2D eigenvalue weighted by atomic mass is 10.2. The van der Waals surface area contributed by atoms with E-state index in [0.717, 1.165) is 0 Å². The summed E-state index contributed by atoms with van der Waals surface area (Å²) in [6.07, 6.45) is 0. The van der Waals surface area contributed by atoms with Gasteiger partial charge in [-0.25, -0.2) is 0 Å². The summed E-state index contributed by atoms with van der Waals surface area (Å²) >= 11 is 3.22. The molecule has 2 amide bonds. The Kier molecular flexibility index (Phi) is 4.30. The average Bonchev–Trinajstić information content (AvgIpc) is 2.29. The van der Waals surface area contributed by atoms with Crippen LogP contribution < -0.4 is 16.4 Å². The molecule has 0 atom stereocenters. The summed E-state index contributed by atoms with van der Waals surface area (Å²) in [5, 5.41) is 4.89. The number of halogens is 1. The second-order valence-electron chi connectivity index (χ2n) is 3.09. The Morgan fingerprint density at radius 1 is 1.44 bits per heavy atom. The van der Waals surface area contributed by atoms with E-state index in [9.17, 15) is 9.59 Å². The minimum absolute atomic E-state index is 0.0443. The zero-order chi connectivity index (χ0) is 12.1. The molecule has 4 N–H and O–H groups in total. The zero-order valence-electron chi connectivity index (χ0n) is 8.71. The van der Waals surface area contributed by atoms with Crippen LogP contribution in [0.2, 0.25) is 0 Å². The largest absolute Gasteiger partial charge is 0.398 e. The molecule has 1 aromatic carbocycles. The first-order valence-corrected chi connectivity index (χ1v) is 5.37. The predicted octanol–water partition coefficient (Wildman–Crippen LogP) is 0.507. The number of rotatable bonds is 3. The average molecular weight is 286 g/mol. The fraction of sp³-hybridized carbons (Fsp3) is 0.200. The van der Waals surface area contributed by atoms with Gasteiger partial charge in [-0.1, -0.05) is 0 Å². The van der Waals surface area contributed by atoms with E-state index in [1.54, 1.807) is 18.2 Å². The first kappa shape index (κ1) is 12.5. The first-order chi connectivity index (χ1) is 7.54. The van der Waals surface area contributed by atoms with Gasteiger partial charge in [0, 0.05) is 22.8 Å². The number of anilines is 1. The number of nitrogen functional groups attached to an aromatic ring is 1. The molecule has 86 valence electrons. The highest BCUT2D eigenvalue weighted by Gasteiger charge is 2.08. The molecule has 0 heterocycles. The van der Waals surface area contributed by atoms with Gasteiger partial charge in [0.1, 0.15) is 0 Å². The van der Waals surface area contributed by atoms with E-state index < -0.39 is 0 Å². The summed E-state index contributed by atoms with van der Waals surface area (Å²) in [4.78, 5) is 22.5. The number of carbonyl (C=O) groups is 2. The number of carbonyl (C=O) groups excluding carboxylic acids is 2. The molecule has 0 radical (unpaired) electrons. The lowest BCUT2D eigenvalue weighted by Gasteiger charge is -2.05. The molecule has 0 aromatic heterocycles. The third kappa shape index (κ3) is 3.23.